The van der Waals surface area contributed by atoms with Crippen LogP contribution in [0.3, 0.4) is 0 Å². The fourth-order valence-corrected chi connectivity index (χ4v) is 3.76. The predicted octanol–water partition coefficient (Wildman–Crippen LogP) is 4.27. The van der Waals surface area contributed by atoms with Crippen molar-refractivity contribution in [3.8, 4) is 0 Å². The lowest BCUT2D eigenvalue weighted by atomic mass is 9.79. The molecule has 3 atom stereocenters. The summed E-state index contributed by atoms with van der Waals surface area (Å²) in [5.41, 5.74) is 1.28. The van der Waals surface area contributed by atoms with Gasteiger partial charge in [0.25, 0.3) is 0 Å². The van der Waals surface area contributed by atoms with Gasteiger partial charge in [0, 0.05) is 18.5 Å². The van der Waals surface area contributed by atoms with E-state index in [-0.39, 0.29) is 12.5 Å². The van der Waals surface area contributed by atoms with Crippen molar-refractivity contribution in [2.75, 3.05) is 0 Å². The summed E-state index contributed by atoms with van der Waals surface area (Å²) in [4.78, 5) is 11.0. The molecule has 0 saturated heterocycles. The maximum atomic E-state index is 11.0. The van der Waals surface area contributed by atoms with Crippen molar-refractivity contribution in [2.24, 2.45) is 11.8 Å². The van der Waals surface area contributed by atoms with Crippen molar-refractivity contribution in [1.29, 1.82) is 0 Å². The molecule has 0 aromatic heterocycles. The van der Waals surface area contributed by atoms with Gasteiger partial charge in [0.2, 0.25) is 0 Å². The number of hydrogen-bond donors (Lipinski definition) is 2. The minimum atomic E-state index is -0.700. The molecule has 2 N–H and O–H groups in total. The molecule has 23 heavy (non-hydrogen) atoms. The quantitative estimate of drug-likeness (QED) is 0.753. The Labute approximate surface area is 140 Å². The second kappa shape index (κ2) is 9.07. The smallest absolute Gasteiger partial charge is 0.303 e. The van der Waals surface area contributed by atoms with Crippen LogP contribution in [0, 0.1) is 11.8 Å². The van der Waals surface area contributed by atoms with Crippen LogP contribution in [0.5, 0.6) is 0 Å². The first-order valence-corrected chi connectivity index (χ1v) is 9.06. The number of rotatable bonds is 8. The van der Waals surface area contributed by atoms with Crippen LogP contribution in [0.4, 0.5) is 0 Å². The third-order valence-corrected chi connectivity index (χ3v) is 5.16. The summed E-state index contributed by atoms with van der Waals surface area (Å²) in [6.45, 7) is 4.64. The summed E-state index contributed by atoms with van der Waals surface area (Å²) in [6.07, 6.45) is 6.94. The summed E-state index contributed by atoms with van der Waals surface area (Å²) >= 11 is 0. The zero-order valence-corrected chi connectivity index (χ0v) is 14.5. The molecule has 0 radical (unpaired) electrons. The first-order chi connectivity index (χ1) is 11.0. The SMILES string of the molecule is CC(C)C1CCCC(NC(CCC(=O)O)Cc2ccccc2)C1. The Hall–Kier alpha value is -1.35. The number of nitrogens with one attached hydrogen (secondary N) is 1. The number of carbonyl (C=O) groups is 1. The Morgan fingerprint density at radius 3 is 2.65 bits per heavy atom. The highest BCUT2D eigenvalue weighted by atomic mass is 16.4. The molecular formula is C20H31NO2. The van der Waals surface area contributed by atoms with Crippen LogP contribution < -0.4 is 5.32 Å². The molecule has 3 unspecified atom stereocenters. The highest BCUT2D eigenvalue weighted by molar-refractivity contribution is 5.66. The van der Waals surface area contributed by atoms with Crippen LogP contribution in [-0.4, -0.2) is 23.2 Å². The zero-order chi connectivity index (χ0) is 16.7. The lowest BCUT2D eigenvalue weighted by molar-refractivity contribution is -0.137. The van der Waals surface area contributed by atoms with E-state index < -0.39 is 5.97 Å². The molecule has 0 bridgehead atoms. The van der Waals surface area contributed by atoms with E-state index in [0.29, 0.717) is 12.5 Å². The van der Waals surface area contributed by atoms with Crippen LogP contribution >= 0.6 is 0 Å². The van der Waals surface area contributed by atoms with Crippen molar-refractivity contribution in [3.63, 3.8) is 0 Å². The van der Waals surface area contributed by atoms with Crippen molar-refractivity contribution in [3.05, 3.63) is 35.9 Å². The van der Waals surface area contributed by atoms with E-state index in [1.54, 1.807) is 0 Å². The second-order valence-electron chi connectivity index (χ2n) is 7.35. The van der Waals surface area contributed by atoms with Crippen molar-refractivity contribution in [2.45, 2.75) is 70.9 Å². The van der Waals surface area contributed by atoms with Gasteiger partial charge in [0.1, 0.15) is 0 Å². The minimum Gasteiger partial charge on any atom is -0.481 e. The molecule has 0 amide bonds. The number of aliphatic carboxylic acids is 1. The molecule has 0 heterocycles. The van der Waals surface area contributed by atoms with Crippen LogP contribution in [-0.2, 0) is 11.2 Å². The summed E-state index contributed by atoms with van der Waals surface area (Å²) in [7, 11) is 0. The molecule has 3 nitrogen and oxygen atoms in total. The average Bonchev–Trinajstić information content (AvgIpc) is 2.54. The van der Waals surface area contributed by atoms with Gasteiger partial charge in [-0.25, -0.2) is 0 Å². The highest BCUT2D eigenvalue weighted by Crippen LogP contribution is 2.30. The Bertz CT molecular complexity index is 472. The molecular weight excluding hydrogens is 286 g/mol. The molecule has 3 heteroatoms. The molecule has 0 aliphatic heterocycles. The normalized spacial score (nSPS) is 22.9. The molecule has 2 rings (SSSR count). The van der Waals surface area contributed by atoms with Gasteiger partial charge in [-0.1, -0.05) is 57.0 Å². The van der Waals surface area contributed by atoms with E-state index >= 15 is 0 Å². The van der Waals surface area contributed by atoms with Gasteiger partial charge >= 0.3 is 5.97 Å². The van der Waals surface area contributed by atoms with E-state index in [4.69, 9.17) is 5.11 Å². The first-order valence-electron chi connectivity index (χ1n) is 9.06. The third-order valence-electron chi connectivity index (χ3n) is 5.16. The molecule has 1 aliphatic rings. The third kappa shape index (κ3) is 6.34. The highest BCUT2D eigenvalue weighted by Gasteiger charge is 2.26. The standard InChI is InChI=1S/C20H31NO2/c1-15(2)17-9-6-10-18(14-17)21-19(11-12-20(22)23)13-16-7-4-3-5-8-16/h3-5,7-8,15,17-19,21H,6,9-14H2,1-2H3,(H,22,23). The summed E-state index contributed by atoms with van der Waals surface area (Å²) in [5.74, 6) is 0.845. The fourth-order valence-electron chi connectivity index (χ4n) is 3.76. The number of carboxylic acid groups (broad SMARTS) is 1. The van der Waals surface area contributed by atoms with Gasteiger partial charge in [0.15, 0.2) is 0 Å². The lowest BCUT2D eigenvalue weighted by Crippen LogP contribution is -2.43. The molecule has 0 spiro atoms. The summed E-state index contributed by atoms with van der Waals surface area (Å²) in [6, 6.07) is 11.2. The minimum absolute atomic E-state index is 0.241. The van der Waals surface area contributed by atoms with E-state index in [0.717, 1.165) is 18.3 Å². The maximum absolute atomic E-state index is 11.0. The molecule has 1 fully saturated rings. The van der Waals surface area contributed by atoms with Gasteiger partial charge in [-0.05, 0) is 43.1 Å². The fraction of sp³-hybridized carbons (Fsp3) is 0.650. The Kier molecular flexibility index (Phi) is 7.10. The van der Waals surface area contributed by atoms with Crippen molar-refractivity contribution in [1.82, 2.24) is 5.32 Å². The Balaban J connectivity index is 1.94. The van der Waals surface area contributed by atoms with Crippen molar-refractivity contribution >= 4 is 5.97 Å². The van der Waals surface area contributed by atoms with E-state index in [2.05, 4.69) is 43.4 Å². The van der Waals surface area contributed by atoms with Crippen molar-refractivity contribution < 1.29 is 9.90 Å². The van der Waals surface area contributed by atoms with E-state index in [9.17, 15) is 4.79 Å². The largest absolute Gasteiger partial charge is 0.481 e. The first kappa shape index (κ1) is 18.0. The topological polar surface area (TPSA) is 49.3 Å². The number of benzene rings is 1. The average molecular weight is 317 g/mol. The number of carboxylic acids is 1. The molecule has 1 aliphatic carbocycles. The summed E-state index contributed by atoms with van der Waals surface area (Å²) < 4.78 is 0. The van der Waals surface area contributed by atoms with Crippen LogP contribution in [0.25, 0.3) is 0 Å². The molecule has 1 aromatic rings. The second-order valence-corrected chi connectivity index (χ2v) is 7.35. The van der Waals surface area contributed by atoms with Crippen LogP contribution in [0.1, 0.15) is 57.9 Å². The van der Waals surface area contributed by atoms with Gasteiger partial charge in [-0.15, -0.1) is 0 Å². The maximum Gasteiger partial charge on any atom is 0.303 e. The Morgan fingerprint density at radius 2 is 2.00 bits per heavy atom. The van der Waals surface area contributed by atoms with Crippen LogP contribution in [0.15, 0.2) is 30.3 Å². The van der Waals surface area contributed by atoms with Gasteiger partial charge < -0.3 is 10.4 Å². The van der Waals surface area contributed by atoms with Crippen LogP contribution in [0.2, 0.25) is 0 Å². The van der Waals surface area contributed by atoms with E-state index in [1.165, 1.54) is 31.2 Å². The molecule has 1 aromatic carbocycles. The van der Waals surface area contributed by atoms with Gasteiger partial charge in [0.05, 0.1) is 0 Å². The van der Waals surface area contributed by atoms with E-state index in [1.807, 2.05) is 6.07 Å². The Morgan fingerprint density at radius 1 is 1.26 bits per heavy atom. The summed E-state index contributed by atoms with van der Waals surface area (Å²) in [5, 5.41) is 12.8. The zero-order valence-electron chi connectivity index (χ0n) is 14.5. The van der Waals surface area contributed by atoms with Gasteiger partial charge in [-0.3, -0.25) is 4.79 Å². The predicted molar refractivity (Wildman–Crippen MR) is 94.5 cm³/mol. The monoisotopic (exact) mass is 317 g/mol. The van der Waals surface area contributed by atoms with Gasteiger partial charge in [-0.2, -0.15) is 0 Å². The number of hydrogen-bond acceptors (Lipinski definition) is 2. The molecule has 1 saturated carbocycles. The molecule has 128 valence electrons. The lowest BCUT2D eigenvalue weighted by Gasteiger charge is -2.34.